The molecule has 2 rings (SSSR count). The number of methoxy groups -OCH3 is 1. The molecule has 1 aromatic heterocycles. The number of aryl methyl sites for hydroxylation is 1. The van der Waals surface area contributed by atoms with Crippen LogP contribution >= 0.6 is 0 Å². The highest BCUT2D eigenvalue weighted by Gasteiger charge is 2.10. The van der Waals surface area contributed by atoms with Crippen LogP contribution in [0.15, 0.2) is 30.6 Å². The molecule has 96 valence electrons. The Morgan fingerprint density at radius 1 is 1.39 bits per heavy atom. The Bertz CT molecular complexity index is 500. The number of aliphatic hydroxyl groups excluding tert-OH is 1. The Kier molecular flexibility index (Phi) is 3.84. The predicted molar refractivity (Wildman–Crippen MR) is 66.5 cm³/mol. The lowest BCUT2D eigenvalue weighted by atomic mass is 10.2. The van der Waals surface area contributed by atoms with Crippen LogP contribution in [0.2, 0.25) is 0 Å². The molecule has 0 bridgehead atoms. The smallest absolute Gasteiger partial charge is 0.167 e. The molecule has 1 N–H and O–H groups in total. The van der Waals surface area contributed by atoms with Crippen molar-refractivity contribution in [1.29, 1.82) is 0 Å². The highest BCUT2D eigenvalue weighted by Crippen LogP contribution is 2.31. The molecule has 0 atom stereocenters. The minimum Gasteiger partial charge on any atom is -0.493 e. The third kappa shape index (κ3) is 2.62. The van der Waals surface area contributed by atoms with Crippen molar-refractivity contribution in [2.24, 2.45) is 7.05 Å². The van der Waals surface area contributed by atoms with Gasteiger partial charge >= 0.3 is 0 Å². The summed E-state index contributed by atoms with van der Waals surface area (Å²) in [6.45, 7) is 0.306. The molecule has 5 nitrogen and oxygen atoms in total. The average molecular weight is 248 g/mol. The molecular formula is C13H16N2O3. The maximum atomic E-state index is 9.29. The summed E-state index contributed by atoms with van der Waals surface area (Å²) in [6.07, 6.45) is 3.63. The van der Waals surface area contributed by atoms with Crippen molar-refractivity contribution in [3.8, 4) is 11.5 Å². The van der Waals surface area contributed by atoms with Crippen LogP contribution in [-0.4, -0.2) is 22.0 Å². The molecule has 0 spiro atoms. The second-order valence-corrected chi connectivity index (χ2v) is 3.92. The van der Waals surface area contributed by atoms with Crippen LogP contribution in [0.4, 0.5) is 0 Å². The lowest BCUT2D eigenvalue weighted by molar-refractivity contribution is 0.250. The maximum absolute atomic E-state index is 9.29. The fourth-order valence-corrected chi connectivity index (χ4v) is 1.71. The minimum atomic E-state index is -0.0838. The molecule has 0 aliphatic rings. The van der Waals surface area contributed by atoms with E-state index >= 15 is 0 Å². The van der Waals surface area contributed by atoms with Gasteiger partial charge in [-0.3, -0.25) is 4.68 Å². The number of para-hydroxylation sites is 1. The molecule has 0 aliphatic carbocycles. The van der Waals surface area contributed by atoms with Crippen molar-refractivity contribution in [1.82, 2.24) is 9.78 Å². The number of nitrogens with zero attached hydrogens (tertiary/aromatic N) is 2. The number of hydrogen-bond acceptors (Lipinski definition) is 4. The third-order valence-electron chi connectivity index (χ3n) is 2.59. The topological polar surface area (TPSA) is 56.5 Å². The Balaban J connectivity index is 2.17. The average Bonchev–Trinajstić information content (AvgIpc) is 2.81. The SMILES string of the molecule is COc1cccc(CO)c1OCc1cnn(C)c1. The van der Waals surface area contributed by atoms with Crippen LogP contribution in [-0.2, 0) is 20.3 Å². The largest absolute Gasteiger partial charge is 0.493 e. The molecule has 0 aliphatic heterocycles. The van der Waals surface area contributed by atoms with E-state index < -0.39 is 0 Å². The Hall–Kier alpha value is -2.01. The zero-order valence-electron chi connectivity index (χ0n) is 10.5. The van der Waals surface area contributed by atoms with Gasteiger partial charge in [-0.05, 0) is 6.07 Å². The van der Waals surface area contributed by atoms with Crippen LogP contribution < -0.4 is 9.47 Å². The molecule has 0 fully saturated rings. The first-order valence-corrected chi connectivity index (χ1v) is 5.61. The predicted octanol–water partition coefficient (Wildman–Crippen LogP) is 1.50. The van der Waals surface area contributed by atoms with Gasteiger partial charge in [0, 0.05) is 24.4 Å². The lowest BCUT2D eigenvalue weighted by Gasteiger charge is -2.13. The zero-order valence-corrected chi connectivity index (χ0v) is 10.5. The van der Waals surface area contributed by atoms with Crippen molar-refractivity contribution < 1.29 is 14.6 Å². The van der Waals surface area contributed by atoms with Crippen LogP contribution in [0.25, 0.3) is 0 Å². The lowest BCUT2D eigenvalue weighted by Crippen LogP contribution is -2.00. The minimum absolute atomic E-state index is 0.0838. The van der Waals surface area contributed by atoms with E-state index in [-0.39, 0.29) is 6.61 Å². The monoisotopic (exact) mass is 248 g/mol. The van der Waals surface area contributed by atoms with E-state index in [2.05, 4.69) is 5.10 Å². The quantitative estimate of drug-likeness (QED) is 0.871. The van der Waals surface area contributed by atoms with Crippen molar-refractivity contribution in [2.45, 2.75) is 13.2 Å². The molecule has 18 heavy (non-hydrogen) atoms. The Morgan fingerprint density at radius 2 is 2.22 bits per heavy atom. The van der Waals surface area contributed by atoms with Gasteiger partial charge in [0.25, 0.3) is 0 Å². The van der Waals surface area contributed by atoms with E-state index in [0.29, 0.717) is 23.7 Å². The van der Waals surface area contributed by atoms with Gasteiger partial charge in [-0.1, -0.05) is 12.1 Å². The summed E-state index contributed by atoms with van der Waals surface area (Å²) in [4.78, 5) is 0. The fraction of sp³-hybridized carbons (Fsp3) is 0.308. The summed E-state index contributed by atoms with van der Waals surface area (Å²) in [7, 11) is 3.43. The van der Waals surface area contributed by atoms with Crippen LogP contribution in [0, 0.1) is 0 Å². The van der Waals surface area contributed by atoms with Crippen molar-refractivity contribution >= 4 is 0 Å². The van der Waals surface area contributed by atoms with Gasteiger partial charge in [-0.15, -0.1) is 0 Å². The first-order chi connectivity index (χ1) is 8.74. The van der Waals surface area contributed by atoms with Crippen molar-refractivity contribution in [3.05, 3.63) is 41.7 Å². The molecule has 0 saturated heterocycles. The number of hydrogen-bond donors (Lipinski definition) is 1. The standard InChI is InChI=1S/C13H16N2O3/c1-15-7-10(6-14-15)9-18-13-11(8-16)4-3-5-12(13)17-2/h3-7,16H,8-9H2,1-2H3. The van der Waals surface area contributed by atoms with E-state index in [1.807, 2.05) is 19.3 Å². The molecule has 5 heteroatoms. The van der Waals surface area contributed by atoms with Crippen LogP contribution in [0.3, 0.4) is 0 Å². The molecule has 0 radical (unpaired) electrons. The van der Waals surface area contributed by atoms with Gasteiger partial charge in [0.05, 0.1) is 19.9 Å². The van der Waals surface area contributed by atoms with Gasteiger partial charge in [0.2, 0.25) is 0 Å². The number of rotatable bonds is 5. The van der Waals surface area contributed by atoms with Gasteiger partial charge in [-0.2, -0.15) is 5.10 Å². The van der Waals surface area contributed by atoms with Crippen LogP contribution in [0.1, 0.15) is 11.1 Å². The summed E-state index contributed by atoms with van der Waals surface area (Å²) < 4.78 is 12.7. The van der Waals surface area contributed by atoms with E-state index in [0.717, 1.165) is 5.56 Å². The second-order valence-electron chi connectivity index (χ2n) is 3.92. The van der Waals surface area contributed by atoms with E-state index in [9.17, 15) is 5.11 Å². The van der Waals surface area contributed by atoms with Crippen molar-refractivity contribution in [2.75, 3.05) is 7.11 Å². The summed E-state index contributed by atoms with van der Waals surface area (Å²) in [5, 5.41) is 13.4. The number of ether oxygens (including phenoxy) is 2. The highest BCUT2D eigenvalue weighted by atomic mass is 16.5. The van der Waals surface area contributed by atoms with Gasteiger partial charge in [0.1, 0.15) is 6.61 Å². The summed E-state index contributed by atoms with van der Waals surface area (Å²) in [5.41, 5.74) is 1.67. The molecule has 0 saturated carbocycles. The Morgan fingerprint density at radius 3 is 2.83 bits per heavy atom. The number of benzene rings is 1. The first-order valence-electron chi connectivity index (χ1n) is 5.61. The second kappa shape index (κ2) is 5.55. The van der Waals surface area contributed by atoms with E-state index in [4.69, 9.17) is 9.47 Å². The van der Waals surface area contributed by atoms with Gasteiger partial charge in [0.15, 0.2) is 11.5 Å². The first kappa shape index (κ1) is 12.4. The van der Waals surface area contributed by atoms with E-state index in [1.165, 1.54) is 0 Å². The van der Waals surface area contributed by atoms with Crippen LogP contribution in [0.5, 0.6) is 11.5 Å². The molecule has 1 heterocycles. The van der Waals surface area contributed by atoms with E-state index in [1.54, 1.807) is 30.1 Å². The summed E-state index contributed by atoms with van der Waals surface area (Å²) in [6, 6.07) is 5.43. The molecule has 1 aromatic carbocycles. The third-order valence-corrected chi connectivity index (χ3v) is 2.59. The normalized spacial score (nSPS) is 10.4. The number of aliphatic hydroxyl groups is 1. The molecule has 0 unspecified atom stereocenters. The number of aromatic nitrogens is 2. The highest BCUT2D eigenvalue weighted by molar-refractivity contribution is 5.46. The summed E-state index contributed by atoms with van der Waals surface area (Å²) >= 11 is 0. The molecule has 0 amide bonds. The fourth-order valence-electron chi connectivity index (χ4n) is 1.71. The Labute approximate surface area is 106 Å². The van der Waals surface area contributed by atoms with Gasteiger partial charge in [-0.25, -0.2) is 0 Å². The van der Waals surface area contributed by atoms with Crippen molar-refractivity contribution in [3.63, 3.8) is 0 Å². The molecular weight excluding hydrogens is 232 g/mol. The maximum Gasteiger partial charge on any atom is 0.167 e. The molecule has 2 aromatic rings. The zero-order chi connectivity index (χ0) is 13.0. The van der Waals surface area contributed by atoms with Gasteiger partial charge < -0.3 is 14.6 Å². The summed E-state index contributed by atoms with van der Waals surface area (Å²) in [5.74, 6) is 1.19.